The molecule has 2 N–H and O–H groups in total. The molecule has 2 rings (SSSR count). The van der Waals surface area contributed by atoms with Crippen LogP contribution >= 0.6 is 0 Å². The zero-order valence-electron chi connectivity index (χ0n) is 9.15. The van der Waals surface area contributed by atoms with Gasteiger partial charge < -0.3 is 10.6 Å². The van der Waals surface area contributed by atoms with Crippen LogP contribution in [0, 0.1) is 5.41 Å². The summed E-state index contributed by atoms with van der Waals surface area (Å²) in [6.07, 6.45) is 4.41. The molecule has 1 heterocycles. The fourth-order valence-electron chi connectivity index (χ4n) is 1.99. The predicted octanol–water partition coefficient (Wildman–Crippen LogP) is 1.04. The van der Waals surface area contributed by atoms with Crippen molar-refractivity contribution in [3.8, 4) is 0 Å². The zero-order valence-corrected chi connectivity index (χ0v) is 9.15. The Morgan fingerprint density at radius 2 is 2.00 bits per heavy atom. The lowest BCUT2D eigenvalue weighted by atomic mass is 9.81. The Bertz CT molecular complexity index is 240. The maximum absolute atomic E-state index is 12.0. The quantitative estimate of drug-likeness (QED) is 0.693. The lowest BCUT2D eigenvalue weighted by Gasteiger charge is -2.33. The van der Waals surface area contributed by atoms with Crippen LogP contribution in [0.5, 0.6) is 0 Å². The Hall–Kier alpha value is -0.570. The first-order chi connectivity index (χ1) is 6.54. The maximum Gasteiger partial charge on any atom is 0.227 e. The Kier molecular flexibility index (Phi) is 2.30. The van der Waals surface area contributed by atoms with Gasteiger partial charge in [0.25, 0.3) is 0 Å². The minimum absolute atomic E-state index is 0.123. The second kappa shape index (κ2) is 3.23. The van der Waals surface area contributed by atoms with Gasteiger partial charge in [-0.05, 0) is 46.1 Å². The molecule has 2 fully saturated rings. The largest absolute Gasteiger partial charge is 0.350 e. The molecule has 1 unspecified atom stereocenters. The van der Waals surface area contributed by atoms with E-state index in [9.17, 15) is 4.79 Å². The third-order valence-electron chi connectivity index (χ3n) is 3.56. The molecule has 1 amide bonds. The van der Waals surface area contributed by atoms with Gasteiger partial charge in [-0.2, -0.15) is 0 Å². The number of hydrogen-bond donors (Lipinski definition) is 2. The van der Waals surface area contributed by atoms with E-state index in [1.54, 1.807) is 0 Å². The maximum atomic E-state index is 12.0. The Morgan fingerprint density at radius 1 is 1.29 bits per heavy atom. The molecule has 0 aromatic carbocycles. The molecular weight excluding hydrogens is 176 g/mol. The topological polar surface area (TPSA) is 41.1 Å². The molecule has 3 nitrogen and oxygen atoms in total. The van der Waals surface area contributed by atoms with E-state index in [2.05, 4.69) is 24.5 Å². The first-order valence-electron chi connectivity index (χ1n) is 5.58. The highest BCUT2D eigenvalue weighted by Gasteiger charge is 2.43. The minimum Gasteiger partial charge on any atom is -0.350 e. The first-order valence-corrected chi connectivity index (χ1v) is 5.58. The van der Waals surface area contributed by atoms with E-state index in [1.807, 2.05) is 0 Å². The van der Waals surface area contributed by atoms with Crippen LogP contribution in [0.4, 0.5) is 0 Å². The summed E-state index contributed by atoms with van der Waals surface area (Å²) in [6, 6.07) is 0. The van der Waals surface area contributed by atoms with Gasteiger partial charge in [0.2, 0.25) is 5.91 Å². The second-order valence-electron chi connectivity index (χ2n) is 5.36. The van der Waals surface area contributed by atoms with Crippen molar-refractivity contribution in [2.45, 2.75) is 45.1 Å². The predicted molar refractivity (Wildman–Crippen MR) is 56.0 cm³/mol. The Labute approximate surface area is 85.6 Å². The van der Waals surface area contributed by atoms with Gasteiger partial charge in [-0.25, -0.2) is 0 Å². The van der Waals surface area contributed by atoms with E-state index in [-0.39, 0.29) is 16.9 Å². The molecule has 0 aromatic rings. The monoisotopic (exact) mass is 196 g/mol. The number of carbonyl (C=O) groups excluding carboxylic acids is 1. The lowest BCUT2D eigenvalue weighted by molar-refractivity contribution is -0.132. The molecule has 2 aliphatic rings. The number of carbonyl (C=O) groups is 1. The third kappa shape index (κ3) is 1.92. The number of amides is 1. The van der Waals surface area contributed by atoms with E-state index in [0.29, 0.717) is 0 Å². The van der Waals surface area contributed by atoms with Crippen molar-refractivity contribution in [2.24, 2.45) is 5.41 Å². The van der Waals surface area contributed by atoms with Crippen molar-refractivity contribution in [2.75, 3.05) is 13.1 Å². The summed E-state index contributed by atoms with van der Waals surface area (Å²) in [7, 11) is 0. The number of hydrogen-bond acceptors (Lipinski definition) is 2. The van der Waals surface area contributed by atoms with Gasteiger partial charge in [-0.1, -0.05) is 0 Å². The summed E-state index contributed by atoms with van der Waals surface area (Å²) in [5.41, 5.74) is -0.0542. The lowest BCUT2D eigenvalue weighted by Crippen LogP contribution is -2.51. The van der Waals surface area contributed by atoms with Gasteiger partial charge in [-0.15, -0.1) is 0 Å². The van der Waals surface area contributed by atoms with E-state index < -0.39 is 0 Å². The molecule has 1 saturated heterocycles. The molecule has 0 spiro atoms. The van der Waals surface area contributed by atoms with Crippen LogP contribution < -0.4 is 10.6 Å². The minimum atomic E-state index is -0.177. The highest BCUT2D eigenvalue weighted by molar-refractivity contribution is 5.83. The van der Waals surface area contributed by atoms with E-state index in [4.69, 9.17) is 0 Å². The first kappa shape index (κ1) is 9.97. The molecule has 1 saturated carbocycles. The molecule has 0 aromatic heterocycles. The Balaban J connectivity index is 1.94. The van der Waals surface area contributed by atoms with Crippen LogP contribution in [-0.4, -0.2) is 24.5 Å². The molecule has 0 radical (unpaired) electrons. The second-order valence-corrected chi connectivity index (χ2v) is 5.36. The average molecular weight is 196 g/mol. The molecule has 1 atom stereocenters. The third-order valence-corrected chi connectivity index (χ3v) is 3.56. The van der Waals surface area contributed by atoms with Crippen molar-refractivity contribution in [3.05, 3.63) is 0 Å². The number of piperidine rings is 1. The number of rotatable bonds is 2. The number of nitrogens with one attached hydrogen (secondary N) is 2. The van der Waals surface area contributed by atoms with E-state index in [1.165, 1.54) is 0 Å². The van der Waals surface area contributed by atoms with Crippen LogP contribution in [0.3, 0.4) is 0 Å². The summed E-state index contributed by atoms with van der Waals surface area (Å²) < 4.78 is 0. The van der Waals surface area contributed by atoms with E-state index in [0.717, 1.165) is 38.8 Å². The van der Waals surface area contributed by atoms with Gasteiger partial charge in [0.05, 0.1) is 5.41 Å². The molecule has 3 heteroatoms. The summed E-state index contributed by atoms with van der Waals surface area (Å²) in [6.45, 7) is 6.08. The molecule has 0 bridgehead atoms. The fourth-order valence-corrected chi connectivity index (χ4v) is 1.99. The molecule has 1 aliphatic heterocycles. The van der Waals surface area contributed by atoms with Crippen LogP contribution in [0.25, 0.3) is 0 Å². The average Bonchev–Trinajstić information content (AvgIpc) is 2.84. The van der Waals surface area contributed by atoms with Crippen LogP contribution in [0.15, 0.2) is 0 Å². The van der Waals surface area contributed by atoms with E-state index >= 15 is 0 Å². The molecule has 80 valence electrons. The van der Waals surface area contributed by atoms with Gasteiger partial charge >= 0.3 is 0 Å². The molecule has 1 aliphatic carbocycles. The van der Waals surface area contributed by atoms with Crippen molar-refractivity contribution in [3.63, 3.8) is 0 Å². The molecular formula is C11H20N2O. The zero-order chi connectivity index (χ0) is 10.2. The summed E-state index contributed by atoms with van der Waals surface area (Å²) in [5.74, 6) is 0.240. The van der Waals surface area contributed by atoms with Gasteiger partial charge in [0, 0.05) is 12.1 Å². The van der Waals surface area contributed by atoms with Crippen molar-refractivity contribution < 1.29 is 4.79 Å². The fraction of sp³-hybridized carbons (Fsp3) is 0.909. The SMILES string of the molecule is CC1(NC(=O)C2(C)CCCNC2)CC1. The summed E-state index contributed by atoms with van der Waals surface area (Å²) >= 11 is 0. The van der Waals surface area contributed by atoms with Gasteiger partial charge in [0.1, 0.15) is 0 Å². The smallest absolute Gasteiger partial charge is 0.227 e. The van der Waals surface area contributed by atoms with Crippen molar-refractivity contribution in [1.29, 1.82) is 0 Å². The summed E-state index contributed by atoms with van der Waals surface area (Å²) in [4.78, 5) is 12.0. The van der Waals surface area contributed by atoms with Crippen LogP contribution in [-0.2, 0) is 4.79 Å². The summed E-state index contributed by atoms with van der Waals surface area (Å²) in [5, 5.41) is 6.46. The van der Waals surface area contributed by atoms with Crippen molar-refractivity contribution >= 4 is 5.91 Å². The van der Waals surface area contributed by atoms with Crippen molar-refractivity contribution in [1.82, 2.24) is 10.6 Å². The normalized spacial score (nSPS) is 35.0. The van der Waals surface area contributed by atoms with Crippen LogP contribution in [0.1, 0.15) is 39.5 Å². The highest BCUT2D eigenvalue weighted by atomic mass is 16.2. The van der Waals surface area contributed by atoms with Gasteiger partial charge in [-0.3, -0.25) is 4.79 Å². The standard InChI is InChI=1S/C11H20N2O/c1-10(4-3-7-12-8-10)9(14)13-11(2)5-6-11/h12H,3-8H2,1-2H3,(H,13,14). The van der Waals surface area contributed by atoms with Crippen LogP contribution in [0.2, 0.25) is 0 Å². The van der Waals surface area contributed by atoms with Gasteiger partial charge in [0.15, 0.2) is 0 Å². The highest BCUT2D eigenvalue weighted by Crippen LogP contribution is 2.36. The Morgan fingerprint density at radius 3 is 2.50 bits per heavy atom. The molecule has 14 heavy (non-hydrogen) atoms.